The van der Waals surface area contributed by atoms with Crippen LogP contribution in [-0.2, 0) is 11.2 Å². The van der Waals surface area contributed by atoms with E-state index in [-0.39, 0.29) is 5.84 Å². The van der Waals surface area contributed by atoms with Gasteiger partial charge in [0.25, 0.3) is 0 Å². The molecular weight excluding hydrogens is 394 g/mol. The zero-order valence-electron chi connectivity index (χ0n) is 15.1. The Kier molecular flexibility index (Phi) is 5.07. The van der Waals surface area contributed by atoms with E-state index in [1.807, 2.05) is 72.8 Å². The quantitative estimate of drug-likeness (QED) is 0.658. The molecule has 4 rings (SSSR count). The third-order valence-electron chi connectivity index (χ3n) is 4.55. The maximum Gasteiger partial charge on any atom is 0.232 e. The summed E-state index contributed by atoms with van der Waals surface area (Å²) in [5.41, 5.74) is 2.14. The van der Waals surface area contributed by atoms with Crippen LogP contribution in [0.15, 0.2) is 78.9 Å². The Morgan fingerprint density at radius 3 is 2.21 bits per heavy atom. The molecule has 0 bridgehead atoms. The largest absolute Gasteiger partial charge is 0.497 e. The van der Waals surface area contributed by atoms with Gasteiger partial charge in [-0.1, -0.05) is 48.0 Å². The summed E-state index contributed by atoms with van der Waals surface area (Å²) >= 11 is 4.82. The average Bonchev–Trinajstić information content (AvgIpc) is 2.99. The molecule has 0 amide bonds. The van der Waals surface area contributed by atoms with Crippen molar-refractivity contribution in [3.05, 3.63) is 89.4 Å². The molecule has 7 heteroatoms. The van der Waals surface area contributed by atoms with E-state index in [1.54, 1.807) is 17.5 Å². The highest BCUT2D eigenvalue weighted by Crippen LogP contribution is 2.42. The third-order valence-corrected chi connectivity index (χ3v) is 6.38. The van der Waals surface area contributed by atoms with Crippen molar-refractivity contribution in [2.75, 3.05) is 15.7 Å². The topological polar surface area (TPSA) is 56.6 Å². The molecule has 1 aliphatic rings. The molecule has 0 radical (unpaired) electrons. The van der Waals surface area contributed by atoms with Crippen molar-refractivity contribution in [2.45, 2.75) is 6.04 Å². The van der Waals surface area contributed by atoms with E-state index in [1.165, 1.54) is 4.31 Å². The van der Waals surface area contributed by atoms with Crippen molar-refractivity contribution in [3.8, 4) is 5.75 Å². The second-order valence-electron chi connectivity index (χ2n) is 6.19. The fourth-order valence-electron chi connectivity index (χ4n) is 3.22. The summed E-state index contributed by atoms with van der Waals surface area (Å²) < 4.78 is 22.0. The van der Waals surface area contributed by atoms with E-state index in [0.29, 0.717) is 22.1 Å². The van der Waals surface area contributed by atoms with Crippen LogP contribution in [0.5, 0.6) is 5.75 Å². The summed E-state index contributed by atoms with van der Waals surface area (Å²) in [5.74, 6) is 0.909. The smallest absolute Gasteiger partial charge is 0.232 e. The lowest BCUT2D eigenvalue weighted by molar-refractivity contribution is 0.415. The van der Waals surface area contributed by atoms with Gasteiger partial charge in [0.05, 0.1) is 18.5 Å². The number of rotatable bonds is 4. The fraction of sp³-hybridized carbons (Fsp3) is 0.0952. The molecule has 0 saturated carbocycles. The van der Waals surface area contributed by atoms with E-state index in [4.69, 9.17) is 21.7 Å². The van der Waals surface area contributed by atoms with Crippen LogP contribution in [0.3, 0.4) is 0 Å². The van der Waals surface area contributed by atoms with E-state index in [9.17, 15) is 4.21 Å². The van der Waals surface area contributed by atoms with Gasteiger partial charge in [-0.25, -0.2) is 8.51 Å². The summed E-state index contributed by atoms with van der Waals surface area (Å²) in [4.78, 5) is 0. The molecule has 5 nitrogen and oxygen atoms in total. The normalized spacial score (nSPS) is 19.1. The second kappa shape index (κ2) is 7.66. The van der Waals surface area contributed by atoms with E-state index in [2.05, 4.69) is 0 Å². The number of para-hydroxylation sites is 1. The predicted octanol–water partition coefficient (Wildman–Crippen LogP) is 4.97. The van der Waals surface area contributed by atoms with Gasteiger partial charge in [-0.3, -0.25) is 9.71 Å². The molecule has 0 spiro atoms. The van der Waals surface area contributed by atoms with Crippen LogP contribution in [0.1, 0.15) is 11.6 Å². The van der Waals surface area contributed by atoms with Crippen LogP contribution in [0, 0.1) is 5.41 Å². The Bertz CT molecular complexity index is 1030. The Balaban J connectivity index is 1.85. The van der Waals surface area contributed by atoms with Gasteiger partial charge >= 0.3 is 0 Å². The van der Waals surface area contributed by atoms with Gasteiger partial charge < -0.3 is 4.74 Å². The van der Waals surface area contributed by atoms with Gasteiger partial charge in [0, 0.05) is 10.6 Å². The SMILES string of the molecule is COc1ccc(N2C(c3ccccc3Cl)C(=N)N(c3ccccc3)S2=O)cc1. The summed E-state index contributed by atoms with van der Waals surface area (Å²) in [5, 5.41) is 9.36. The number of hydrogen-bond acceptors (Lipinski definition) is 3. The molecule has 3 aromatic carbocycles. The van der Waals surface area contributed by atoms with E-state index < -0.39 is 17.2 Å². The van der Waals surface area contributed by atoms with Gasteiger partial charge in [0.2, 0.25) is 11.2 Å². The summed E-state index contributed by atoms with van der Waals surface area (Å²) in [7, 11) is 1.60. The second-order valence-corrected chi connectivity index (χ2v) is 7.82. The molecule has 3 aromatic rings. The monoisotopic (exact) mass is 411 g/mol. The molecule has 2 atom stereocenters. The molecule has 1 fully saturated rings. The van der Waals surface area contributed by atoms with Gasteiger partial charge in [-0.05, 0) is 42.5 Å². The van der Waals surface area contributed by atoms with Crippen LogP contribution in [0.4, 0.5) is 11.4 Å². The lowest BCUT2D eigenvalue weighted by Crippen LogP contribution is -2.27. The van der Waals surface area contributed by atoms with Crippen LogP contribution < -0.4 is 13.3 Å². The first-order chi connectivity index (χ1) is 13.6. The van der Waals surface area contributed by atoms with Crippen LogP contribution in [0.25, 0.3) is 0 Å². The number of ether oxygens (including phenoxy) is 1. The number of nitrogens with zero attached hydrogens (tertiary/aromatic N) is 2. The first kappa shape index (κ1) is 18.5. The Morgan fingerprint density at radius 1 is 0.929 bits per heavy atom. The first-order valence-electron chi connectivity index (χ1n) is 8.65. The zero-order chi connectivity index (χ0) is 19.7. The molecule has 2 unspecified atom stereocenters. The first-order valence-corrected chi connectivity index (χ1v) is 10.1. The Labute approximate surface area is 171 Å². The van der Waals surface area contributed by atoms with Gasteiger partial charge in [0.15, 0.2) is 0 Å². The number of methoxy groups -OCH3 is 1. The van der Waals surface area contributed by atoms with Crippen LogP contribution >= 0.6 is 11.6 Å². The van der Waals surface area contributed by atoms with Crippen LogP contribution in [0.2, 0.25) is 5.02 Å². The third kappa shape index (κ3) is 3.15. The van der Waals surface area contributed by atoms with Crippen molar-refractivity contribution >= 4 is 40.0 Å². The summed E-state index contributed by atoms with van der Waals surface area (Å²) in [6.07, 6.45) is 0. The fourth-order valence-corrected chi connectivity index (χ4v) is 4.90. The minimum Gasteiger partial charge on any atom is -0.497 e. The average molecular weight is 412 g/mol. The van der Waals surface area contributed by atoms with Crippen LogP contribution in [-0.4, -0.2) is 17.2 Å². The van der Waals surface area contributed by atoms with Crippen molar-refractivity contribution < 1.29 is 8.95 Å². The number of nitrogens with one attached hydrogen (secondary N) is 1. The summed E-state index contributed by atoms with van der Waals surface area (Å²) in [6, 6.07) is 23.4. The molecular formula is C21H18ClN3O2S. The maximum atomic E-state index is 13.5. The molecule has 0 aliphatic carbocycles. The molecule has 142 valence electrons. The van der Waals surface area contributed by atoms with Gasteiger partial charge in [0.1, 0.15) is 17.6 Å². The minimum atomic E-state index is -1.64. The lowest BCUT2D eigenvalue weighted by Gasteiger charge is -2.23. The standard InChI is InChI=1S/C21H18ClN3O2S/c1-27-17-13-11-16(12-14-17)24-20(18-9-5-6-10-19(18)22)21(23)25(28(24)26)15-7-3-2-4-8-15/h2-14,20,23H,1H3. The molecule has 1 N–H and O–H groups in total. The zero-order valence-corrected chi connectivity index (χ0v) is 16.7. The van der Waals surface area contributed by atoms with E-state index >= 15 is 0 Å². The van der Waals surface area contributed by atoms with Crippen molar-refractivity contribution in [1.82, 2.24) is 0 Å². The van der Waals surface area contributed by atoms with Gasteiger partial charge in [-0.2, -0.15) is 0 Å². The highest BCUT2D eigenvalue weighted by molar-refractivity contribution is 7.89. The molecule has 1 heterocycles. The number of anilines is 2. The number of hydrogen-bond donors (Lipinski definition) is 1. The van der Waals surface area contributed by atoms with Gasteiger partial charge in [-0.15, -0.1) is 0 Å². The van der Waals surface area contributed by atoms with Crippen molar-refractivity contribution in [1.29, 1.82) is 5.41 Å². The Hall–Kier alpha value is -2.83. The minimum absolute atomic E-state index is 0.202. The lowest BCUT2D eigenvalue weighted by atomic mass is 10.0. The van der Waals surface area contributed by atoms with E-state index in [0.717, 1.165) is 5.56 Å². The maximum absolute atomic E-state index is 13.5. The number of amidine groups is 1. The highest BCUT2D eigenvalue weighted by atomic mass is 35.5. The molecule has 1 aliphatic heterocycles. The summed E-state index contributed by atoms with van der Waals surface area (Å²) in [6.45, 7) is 0. The highest BCUT2D eigenvalue weighted by Gasteiger charge is 2.44. The number of benzene rings is 3. The predicted molar refractivity (Wildman–Crippen MR) is 114 cm³/mol. The molecule has 1 saturated heterocycles. The number of halogens is 1. The Morgan fingerprint density at radius 2 is 1.57 bits per heavy atom. The van der Waals surface area contributed by atoms with Crippen molar-refractivity contribution in [3.63, 3.8) is 0 Å². The molecule has 28 heavy (non-hydrogen) atoms. The molecule has 0 aromatic heterocycles. The van der Waals surface area contributed by atoms with Crippen molar-refractivity contribution in [2.24, 2.45) is 0 Å².